The number of aromatic nitrogens is 3. The number of nitrogens with zero attached hydrogens (tertiary/aromatic N) is 3. The average Bonchev–Trinajstić information content (AvgIpc) is 2.65. The number of aliphatic hydroxyl groups is 1. The molecular formula is C21H23F2N5O2. The van der Waals surface area contributed by atoms with E-state index >= 15 is 0 Å². The topological polar surface area (TPSA) is 103 Å². The number of halogens is 2. The third kappa shape index (κ3) is 5.84. The lowest BCUT2D eigenvalue weighted by molar-refractivity contribution is 0.0128. The maximum absolute atomic E-state index is 13.6. The molecule has 0 aliphatic carbocycles. The summed E-state index contributed by atoms with van der Waals surface area (Å²) in [4.78, 5) is 12.6. The summed E-state index contributed by atoms with van der Waals surface area (Å²) in [6.07, 6.45) is 1.29. The molecule has 0 bridgehead atoms. The van der Waals surface area contributed by atoms with E-state index in [9.17, 15) is 19.0 Å². The van der Waals surface area contributed by atoms with Crippen LogP contribution in [-0.2, 0) is 5.92 Å². The van der Waals surface area contributed by atoms with Crippen molar-refractivity contribution < 1.29 is 19.0 Å². The quantitative estimate of drug-likeness (QED) is 0.457. The predicted octanol–water partition coefficient (Wildman–Crippen LogP) is 4.28. The summed E-state index contributed by atoms with van der Waals surface area (Å²) in [5.74, 6) is -1.94. The minimum absolute atomic E-state index is 0.0596. The summed E-state index contributed by atoms with van der Waals surface area (Å²) < 4.78 is 27.2. The van der Waals surface area contributed by atoms with Crippen LogP contribution in [-0.4, -0.2) is 37.3 Å². The maximum Gasteiger partial charge on any atom is 0.287 e. The third-order valence-corrected chi connectivity index (χ3v) is 4.01. The van der Waals surface area contributed by atoms with Crippen LogP contribution >= 0.6 is 0 Å². The first-order valence-electron chi connectivity index (χ1n) is 9.26. The molecule has 0 radical (unpaired) electrons. The van der Waals surface area contributed by atoms with Crippen LogP contribution in [0.3, 0.4) is 0 Å². The molecule has 3 rings (SSSR count). The number of rotatable bonds is 7. The Labute approximate surface area is 172 Å². The number of hydrogen-bond donors (Lipinski definition) is 4. The first-order chi connectivity index (χ1) is 14.0. The second-order valence-electron chi connectivity index (χ2n) is 7.62. The fourth-order valence-corrected chi connectivity index (χ4v) is 2.58. The molecule has 30 heavy (non-hydrogen) atoms. The van der Waals surface area contributed by atoms with Crippen molar-refractivity contribution >= 4 is 17.3 Å². The normalized spacial score (nSPS) is 11.9. The van der Waals surface area contributed by atoms with Gasteiger partial charge in [0, 0.05) is 37.0 Å². The largest absolute Gasteiger partial charge is 0.508 e. The Morgan fingerprint density at radius 1 is 1.00 bits per heavy atom. The highest BCUT2D eigenvalue weighted by molar-refractivity contribution is 5.66. The fraction of sp³-hybridized carbons (Fsp3) is 0.286. The predicted molar refractivity (Wildman–Crippen MR) is 111 cm³/mol. The van der Waals surface area contributed by atoms with Crippen LogP contribution < -0.4 is 10.6 Å². The molecule has 0 saturated heterocycles. The Morgan fingerprint density at radius 2 is 1.73 bits per heavy atom. The van der Waals surface area contributed by atoms with Gasteiger partial charge in [-0.15, -0.1) is 0 Å². The Morgan fingerprint density at radius 3 is 2.40 bits per heavy atom. The summed E-state index contributed by atoms with van der Waals surface area (Å²) in [5, 5.41) is 25.8. The number of nitrogens with one attached hydrogen (secondary N) is 2. The van der Waals surface area contributed by atoms with Gasteiger partial charge in [-0.1, -0.05) is 12.1 Å². The number of pyridine rings is 1. The van der Waals surface area contributed by atoms with Gasteiger partial charge in [-0.3, -0.25) is 4.98 Å². The van der Waals surface area contributed by atoms with Crippen molar-refractivity contribution in [1.82, 2.24) is 15.0 Å². The van der Waals surface area contributed by atoms with Gasteiger partial charge in [0.25, 0.3) is 5.92 Å². The minimum Gasteiger partial charge on any atom is -0.508 e. The first-order valence-corrected chi connectivity index (χ1v) is 9.26. The van der Waals surface area contributed by atoms with Crippen LogP contribution in [0.2, 0.25) is 0 Å². The maximum atomic E-state index is 13.6. The first kappa shape index (κ1) is 21.4. The number of phenols is 1. The second kappa shape index (κ2) is 8.19. The zero-order valence-electron chi connectivity index (χ0n) is 16.8. The fourth-order valence-electron chi connectivity index (χ4n) is 2.58. The molecule has 9 heteroatoms. The van der Waals surface area contributed by atoms with Crippen LogP contribution in [0.5, 0.6) is 5.75 Å². The van der Waals surface area contributed by atoms with Crippen molar-refractivity contribution in [1.29, 1.82) is 0 Å². The third-order valence-electron chi connectivity index (χ3n) is 4.01. The smallest absolute Gasteiger partial charge is 0.287 e. The Kier molecular flexibility index (Phi) is 5.84. The molecule has 4 N–H and O–H groups in total. The van der Waals surface area contributed by atoms with E-state index in [1.165, 1.54) is 24.4 Å². The lowest BCUT2D eigenvalue weighted by Crippen LogP contribution is -2.29. The SMILES string of the molecule is CC(C)(O)CNc1cc(Nc2ccnc(C(C)(F)F)c2)nc(-c2cccc(O)c2)n1. The highest BCUT2D eigenvalue weighted by Crippen LogP contribution is 2.29. The van der Waals surface area contributed by atoms with E-state index in [0.29, 0.717) is 28.7 Å². The Bertz CT molecular complexity index is 1030. The van der Waals surface area contributed by atoms with Crippen molar-refractivity contribution in [3.63, 3.8) is 0 Å². The zero-order chi connectivity index (χ0) is 21.9. The number of benzene rings is 1. The molecule has 0 aliphatic rings. The van der Waals surface area contributed by atoms with Crippen LogP contribution in [0.25, 0.3) is 11.4 Å². The molecule has 2 aromatic heterocycles. The van der Waals surface area contributed by atoms with Gasteiger partial charge in [-0.25, -0.2) is 9.97 Å². The monoisotopic (exact) mass is 415 g/mol. The van der Waals surface area contributed by atoms with Gasteiger partial charge in [0.2, 0.25) is 0 Å². The van der Waals surface area contributed by atoms with E-state index in [2.05, 4.69) is 25.6 Å². The van der Waals surface area contributed by atoms with Gasteiger partial charge in [-0.2, -0.15) is 8.78 Å². The Hall–Kier alpha value is -3.33. The van der Waals surface area contributed by atoms with E-state index in [-0.39, 0.29) is 18.0 Å². The molecular weight excluding hydrogens is 392 g/mol. The van der Waals surface area contributed by atoms with Crippen molar-refractivity contribution in [2.24, 2.45) is 0 Å². The standard InChI is InChI=1S/C21H23F2N5O2/c1-20(2,30)12-25-17-11-18(26-14-7-8-24-16(10-14)21(3,22)23)28-19(27-17)13-5-4-6-15(29)9-13/h4-11,29-30H,12H2,1-3H3,(H2,24,25,26,27,28). The molecule has 158 valence electrons. The van der Waals surface area contributed by atoms with E-state index in [1.807, 2.05) is 0 Å². The molecule has 1 aromatic carbocycles. The Balaban J connectivity index is 1.97. The van der Waals surface area contributed by atoms with Crippen molar-refractivity contribution in [2.75, 3.05) is 17.2 Å². The highest BCUT2D eigenvalue weighted by atomic mass is 19.3. The molecule has 2 heterocycles. The molecule has 0 aliphatic heterocycles. The second-order valence-corrected chi connectivity index (χ2v) is 7.62. The van der Waals surface area contributed by atoms with Gasteiger partial charge in [0.1, 0.15) is 23.1 Å². The molecule has 0 amide bonds. The zero-order valence-corrected chi connectivity index (χ0v) is 16.8. The number of phenolic OH excluding ortho intramolecular Hbond substituents is 1. The molecule has 7 nitrogen and oxygen atoms in total. The van der Waals surface area contributed by atoms with Crippen molar-refractivity contribution in [3.8, 4) is 17.1 Å². The van der Waals surface area contributed by atoms with E-state index in [0.717, 1.165) is 6.92 Å². The van der Waals surface area contributed by atoms with E-state index in [4.69, 9.17) is 0 Å². The van der Waals surface area contributed by atoms with E-state index in [1.54, 1.807) is 38.1 Å². The highest BCUT2D eigenvalue weighted by Gasteiger charge is 2.26. The number of hydrogen-bond acceptors (Lipinski definition) is 7. The number of anilines is 3. The van der Waals surface area contributed by atoms with Crippen LogP contribution in [0.1, 0.15) is 26.5 Å². The van der Waals surface area contributed by atoms with E-state index < -0.39 is 11.5 Å². The van der Waals surface area contributed by atoms with Crippen molar-refractivity contribution in [2.45, 2.75) is 32.3 Å². The lowest BCUT2D eigenvalue weighted by atomic mass is 10.1. The molecule has 0 unspecified atom stereocenters. The van der Waals surface area contributed by atoms with Crippen molar-refractivity contribution in [3.05, 3.63) is 54.4 Å². The average molecular weight is 415 g/mol. The molecule has 0 spiro atoms. The molecule has 0 atom stereocenters. The van der Waals surface area contributed by atoms with Crippen LogP contribution in [0, 0.1) is 0 Å². The van der Waals surface area contributed by atoms with Gasteiger partial charge < -0.3 is 20.8 Å². The molecule has 0 saturated carbocycles. The van der Waals surface area contributed by atoms with Gasteiger partial charge >= 0.3 is 0 Å². The minimum atomic E-state index is -3.07. The van der Waals surface area contributed by atoms with Crippen LogP contribution in [0.4, 0.5) is 26.1 Å². The summed E-state index contributed by atoms with van der Waals surface area (Å²) in [7, 11) is 0. The van der Waals surface area contributed by atoms with Crippen LogP contribution in [0.15, 0.2) is 48.7 Å². The summed E-state index contributed by atoms with van der Waals surface area (Å²) >= 11 is 0. The molecule has 0 fully saturated rings. The lowest BCUT2D eigenvalue weighted by Gasteiger charge is -2.19. The van der Waals surface area contributed by atoms with Gasteiger partial charge in [0.15, 0.2) is 5.82 Å². The molecule has 3 aromatic rings. The summed E-state index contributed by atoms with van der Waals surface area (Å²) in [6, 6.07) is 10.8. The number of alkyl halides is 2. The summed E-state index contributed by atoms with van der Waals surface area (Å²) in [5.41, 5.74) is -0.387. The summed E-state index contributed by atoms with van der Waals surface area (Å²) in [6.45, 7) is 4.31. The van der Waals surface area contributed by atoms with Gasteiger partial charge in [-0.05, 0) is 38.1 Å². The van der Waals surface area contributed by atoms with Gasteiger partial charge in [0.05, 0.1) is 5.60 Å². The number of aromatic hydroxyl groups is 1.